The van der Waals surface area contributed by atoms with Gasteiger partial charge in [-0.1, -0.05) is 0 Å². The maximum atomic E-state index is 13.2. The van der Waals surface area contributed by atoms with E-state index in [2.05, 4.69) is 9.88 Å². The van der Waals surface area contributed by atoms with Crippen LogP contribution in [-0.4, -0.2) is 73.8 Å². The van der Waals surface area contributed by atoms with Crippen molar-refractivity contribution in [3.05, 3.63) is 29.5 Å². The average Bonchev–Trinajstić information content (AvgIpc) is 3.10. The predicted octanol–water partition coefficient (Wildman–Crippen LogP) is 1.89. The molecule has 1 saturated carbocycles. The third-order valence-corrected chi connectivity index (χ3v) is 7.74. The molecule has 8 nitrogen and oxygen atoms in total. The minimum absolute atomic E-state index is 0.0610. The minimum Gasteiger partial charge on any atom is -0.508 e. The number of phenols is 1. The third-order valence-electron chi connectivity index (χ3n) is 7.74. The number of rotatable bonds is 9. The Balaban J connectivity index is 1.43. The lowest BCUT2D eigenvalue weighted by Crippen LogP contribution is -2.68. The summed E-state index contributed by atoms with van der Waals surface area (Å²) >= 11 is 0. The van der Waals surface area contributed by atoms with E-state index in [9.17, 15) is 9.90 Å². The molecule has 3 fully saturated rings. The molecule has 0 spiro atoms. The van der Waals surface area contributed by atoms with Crippen LogP contribution in [0.25, 0.3) is 10.9 Å². The number of amides is 1. The molecule has 5 atom stereocenters. The topological polar surface area (TPSA) is 110 Å². The number of nitrogens with one attached hydrogen (secondary N) is 1. The van der Waals surface area contributed by atoms with Crippen LogP contribution in [0.2, 0.25) is 0 Å². The monoisotopic (exact) mass is 443 g/mol. The SMILES string of the molecule is COCCOCOCCC1CC2CN3CCc4c([nH]c5ccc(O)cc45)C(C(N)=O)(C2)C13. The van der Waals surface area contributed by atoms with Crippen molar-refractivity contribution in [2.24, 2.45) is 17.6 Å². The molecule has 0 radical (unpaired) electrons. The van der Waals surface area contributed by atoms with Crippen molar-refractivity contribution in [1.82, 2.24) is 9.88 Å². The second-order valence-corrected chi connectivity index (χ2v) is 9.52. The summed E-state index contributed by atoms with van der Waals surface area (Å²) in [5.41, 5.74) is 8.54. The van der Waals surface area contributed by atoms with Crippen molar-refractivity contribution >= 4 is 16.8 Å². The molecule has 5 unspecified atom stereocenters. The van der Waals surface area contributed by atoms with Gasteiger partial charge in [0.1, 0.15) is 18.0 Å². The number of aromatic amines is 1. The van der Waals surface area contributed by atoms with Gasteiger partial charge in [-0.05, 0) is 61.3 Å². The van der Waals surface area contributed by atoms with E-state index < -0.39 is 5.41 Å². The van der Waals surface area contributed by atoms with Crippen LogP contribution in [0.15, 0.2) is 18.2 Å². The van der Waals surface area contributed by atoms with Gasteiger partial charge < -0.3 is 30.0 Å². The van der Waals surface area contributed by atoms with Crippen LogP contribution in [0, 0.1) is 11.8 Å². The number of ether oxygens (including phenoxy) is 3. The molecule has 1 aromatic heterocycles. The highest BCUT2D eigenvalue weighted by Crippen LogP contribution is 2.54. The van der Waals surface area contributed by atoms with Crippen LogP contribution in [-0.2, 0) is 30.8 Å². The highest BCUT2D eigenvalue weighted by atomic mass is 16.7. The molecule has 2 aromatic rings. The van der Waals surface area contributed by atoms with Crippen molar-refractivity contribution in [1.29, 1.82) is 0 Å². The zero-order chi connectivity index (χ0) is 22.3. The summed E-state index contributed by atoms with van der Waals surface area (Å²) in [6, 6.07) is 5.44. The highest BCUT2D eigenvalue weighted by Gasteiger charge is 2.61. The van der Waals surface area contributed by atoms with Gasteiger partial charge in [-0.3, -0.25) is 9.69 Å². The van der Waals surface area contributed by atoms with Crippen molar-refractivity contribution in [2.75, 3.05) is 46.8 Å². The fourth-order valence-corrected chi connectivity index (χ4v) is 6.62. The Morgan fingerprint density at radius 1 is 1.31 bits per heavy atom. The lowest BCUT2D eigenvalue weighted by Gasteiger charge is -2.58. The van der Waals surface area contributed by atoms with Gasteiger partial charge in [-0.15, -0.1) is 0 Å². The number of benzene rings is 1. The lowest BCUT2D eigenvalue weighted by molar-refractivity contribution is -0.139. The van der Waals surface area contributed by atoms with E-state index in [-0.39, 0.29) is 24.5 Å². The number of piperidine rings is 2. The molecule has 6 rings (SSSR count). The lowest BCUT2D eigenvalue weighted by atomic mass is 9.56. The van der Waals surface area contributed by atoms with Crippen LogP contribution in [0.4, 0.5) is 0 Å². The summed E-state index contributed by atoms with van der Waals surface area (Å²) in [6.07, 6.45) is 3.59. The standard InChI is InChI=1S/C24H33N3O5/c1-30-8-9-32-14-31-7-5-16-10-15-12-24(23(25)29)21-18(4-6-27(13-15)22(16)24)19-11-17(28)2-3-20(19)26-21/h2-3,11,15-16,22,26,28H,4-10,12-14H2,1H3,(H2,25,29). The van der Waals surface area contributed by atoms with Gasteiger partial charge in [0.15, 0.2) is 0 Å². The Kier molecular flexibility index (Phi) is 5.88. The molecule has 174 valence electrons. The third kappa shape index (κ3) is 3.50. The van der Waals surface area contributed by atoms with Gasteiger partial charge in [-0.25, -0.2) is 0 Å². The minimum atomic E-state index is -0.735. The Bertz CT molecular complexity index is 991. The van der Waals surface area contributed by atoms with Crippen LogP contribution >= 0.6 is 0 Å². The summed E-state index contributed by atoms with van der Waals surface area (Å²) in [6.45, 7) is 3.83. The first-order valence-corrected chi connectivity index (χ1v) is 11.6. The average molecular weight is 444 g/mol. The quantitative estimate of drug-likeness (QED) is 0.403. The number of carbonyl (C=O) groups excluding carboxylic acids is 1. The first-order chi connectivity index (χ1) is 15.5. The number of aromatic hydroxyl groups is 1. The van der Waals surface area contributed by atoms with Crippen LogP contribution in [0.1, 0.15) is 30.5 Å². The Hall–Kier alpha value is -2.13. The molecule has 32 heavy (non-hydrogen) atoms. The van der Waals surface area contributed by atoms with Crippen LogP contribution in [0.5, 0.6) is 5.75 Å². The number of carbonyl (C=O) groups is 1. The van der Waals surface area contributed by atoms with E-state index in [0.717, 1.165) is 60.9 Å². The number of phenolic OH excluding ortho intramolecular Hbond substituents is 1. The summed E-state index contributed by atoms with van der Waals surface area (Å²) in [5, 5.41) is 11.1. The summed E-state index contributed by atoms with van der Waals surface area (Å²) in [5.74, 6) is 0.759. The van der Waals surface area contributed by atoms with Crippen molar-refractivity contribution < 1.29 is 24.1 Å². The number of hydrogen-bond acceptors (Lipinski definition) is 6. The Morgan fingerprint density at radius 3 is 2.97 bits per heavy atom. The van der Waals surface area contributed by atoms with E-state index in [1.807, 2.05) is 6.07 Å². The normalized spacial score (nSPS) is 30.9. The number of primary amides is 1. The Labute approximate surface area is 188 Å². The molecule has 4 bridgehead atoms. The van der Waals surface area contributed by atoms with Crippen molar-refractivity contribution in [3.8, 4) is 5.75 Å². The highest BCUT2D eigenvalue weighted by molar-refractivity contribution is 5.93. The van der Waals surface area contributed by atoms with Gasteiger partial charge in [-0.2, -0.15) is 0 Å². The van der Waals surface area contributed by atoms with E-state index in [4.69, 9.17) is 19.9 Å². The van der Waals surface area contributed by atoms with Gasteiger partial charge >= 0.3 is 0 Å². The molecule has 4 heterocycles. The van der Waals surface area contributed by atoms with E-state index in [0.29, 0.717) is 31.7 Å². The summed E-state index contributed by atoms with van der Waals surface area (Å²) in [4.78, 5) is 19.3. The second-order valence-electron chi connectivity index (χ2n) is 9.52. The molecule has 3 aliphatic heterocycles. The zero-order valence-corrected chi connectivity index (χ0v) is 18.6. The van der Waals surface area contributed by atoms with Gasteiger partial charge in [0.2, 0.25) is 5.91 Å². The Morgan fingerprint density at radius 2 is 2.16 bits per heavy atom. The van der Waals surface area contributed by atoms with Crippen LogP contribution in [0.3, 0.4) is 0 Å². The summed E-state index contributed by atoms with van der Waals surface area (Å²) < 4.78 is 16.1. The molecule has 1 aliphatic carbocycles. The smallest absolute Gasteiger partial charge is 0.231 e. The number of nitrogens with zero attached hydrogens (tertiary/aromatic N) is 1. The van der Waals surface area contributed by atoms with Gasteiger partial charge in [0.05, 0.1) is 13.2 Å². The molecule has 2 saturated heterocycles. The maximum absolute atomic E-state index is 13.2. The molecule has 1 amide bonds. The van der Waals surface area contributed by atoms with Crippen molar-refractivity contribution in [2.45, 2.75) is 37.1 Å². The molecule has 4 aliphatic rings. The molecule has 8 heteroatoms. The molecular weight excluding hydrogens is 410 g/mol. The van der Waals surface area contributed by atoms with Crippen LogP contribution < -0.4 is 5.73 Å². The second kappa shape index (κ2) is 8.67. The van der Waals surface area contributed by atoms with E-state index in [1.165, 1.54) is 0 Å². The first-order valence-electron chi connectivity index (χ1n) is 11.6. The number of methoxy groups -OCH3 is 1. The maximum Gasteiger partial charge on any atom is 0.231 e. The van der Waals surface area contributed by atoms with Gasteiger partial charge in [0.25, 0.3) is 0 Å². The number of nitrogens with two attached hydrogens (primary N) is 1. The molecule has 1 aromatic carbocycles. The summed E-state index contributed by atoms with van der Waals surface area (Å²) in [7, 11) is 1.65. The number of fused-ring (bicyclic) bond motifs is 4. The largest absolute Gasteiger partial charge is 0.508 e. The molecule has 4 N–H and O–H groups in total. The fourth-order valence-electron chi connectivity index (χ4n) is 6.62. The zero-order valence-electron chi connectivity index (χ0n) is 18.6. The van der Waals surface area contributed by atoms with E-state index >= 15 is 0 Å². The number of hydrogen-bond donors (Lipinski definition) is 3. The van der Waals surface area contributed by atoms with Crippen molar-refractivity contribution in [3.63, 3.8) is 0 Å². The number of aromatic nitrogens is 1. The predicted molar refractivity (Wildman–Crippen MR) is 119 cm³/mol. The first kappa shape index (κ1) is 21.7. The molecular formula is C24H33N3O5. The fraction of sp³-hybridized carbons (Fsp3) is 0.625. The van der Waals surface area contributed by atoms with E-state index in [1.54, 1.807) is 19.2 Å². The van der Waals surface area contributed by atoms with Gasteiger partial charge in [0, 0.05) is 49.4 Å². The number of H-pyrrole nitrogens is 1.